The largest absolute Gasteiger partial charge is 0.480 e. The third-order valence-electron chi connectivity index (χ3n) is 6.71. The minimum Gasteiger partial charge on any atom is -0.480 e. The van der Waals surface area contributed by atoms with Crippen molar-refractivity contribution in [3.63, 3.8) is 0 Å². The van der Waals surface area contributed by atoms with Crippen LogP contribution in [0.2, 0.25) is 5.02 Å². The zero-order valence-electron chi connectivity index (χ0n) is 20.2. The Morgan fingerprint density at radius 3 is 2.36 bits per heavy atom. The van der Waals surface area contributed by atoms with Gasteiger partial charge in [-0.1, -0.05) is 54.1 Å². The van der Waals surface area contributed by atoms with Crippen LogP contribution >= 0.6 is 35.3 Å². The lowest BCUT2D eigenvalue weighted by Gasteiger charge is -2.25. The lowest BCUT2D eigenvalue weighted by atomic mass is 9.90. The number of aliphatic carboxylic acids is 1. The molecule has 39 heavy (non-hydrogen) atoms. The monoisotopic (exact) mass is 603 g/mol. The summed E-state index contributed by atoms with van der Waals surface area (Å²) in [4.78, 5) is 30.1. The van der Waals surface area contributed by atoms with Gasteiger partial charge in [-0.2, -0.15) is 4.72 Å². The van der Waals surface area contributed by atoms with Gasteiger partial charge in [-0.15, -0.1) is 23.7 Å². The Labute approximate surface area is 240 Å². The fourth-order valence-corrected chi connectivity index (χ4v) is 7.49. The molecule has 0 radical (unpaired) electrons. The Kier molecular flexibility index (Phi) is 8.15. The number of carbonyl (C=O) groups excluding carboxylic acids is 1. The number of benzene rings is 2. The number of pyridine rings is 1. The van der Waals surface area contributed by atoms with Gasteiger partial charge >= 0.3 is 5.97 Å². The number of halogens is 2. The average Bonchev–Trinajstić information content (AvgIpc) is 3.29. The zero-order chi connectivity index (χ0) is 27.0. The number of carboxylic acids is 1. The maximum atomic E-state index is 13.5. The minimum atomic E-state index is -4.23. The molecule has 1 fully saturated rings. The van der Waals surface area contributed by atoms with E-state index in [4.69, 9.17) is 11.6 Å². The molecule has 3 N–H and O–H groups in total. The van der Waals surface area contributed by atoms with E-state index in [2.05, 4.69) is 15.0 Å². The molecule has 12 heteroatoms. The molecule has 202 valence electrons. The third kappa shape index (κ3) is 5.43. The predicted molar refractivity (Wildman–Crippen MR) is 152 cm³/mol. The third-order valence-corrected chi connectivity index (χ3v) is 10.1. The second-order valence-corrected chi connectivity index (χ2v) is 12.4. The molecule has 8 nitrogen and oxygen atoms in total. The topological polar surface area (TPSA) is 125 Å². The van der Waals surface area contributed by atoms with Crippen molar-refractivity contribution in [3.05, 3.63) is 107 Å². The molecular weight excluding hydrogens is 581 g/mol. The summed E-state index contributed by atoms with van der Waals surface area (Å²) >= 11 is 6.98. The smallest absolute Gasteiger partial charge is 0.325 e. The van der Waals surface area contributed by atoms with Gasteiger partial charge in [-0.25, -0.2) is 8.42 Å². The number of rotatable bonds is 9. The van der Waals surface area contributed by atoms with Crippen molar-refractivity contribution in [2.75, 3.05) is 6.54 Å². The summed E-state index contributed by atoms with van der Waals surface area (Å²) < 4.78 is 29.4. The molecule has 0 spiro atoms. The van der Waals surface area contributed by atoms with Crippen molar-refractivity contribution in [2.45, 2.75) is 21.6 Å². The van der Waals surface area contributed by atoms with Crippen LogP contribution in [0.25, 0.3) is 10.4 Å². The molecule has 2 aromatic heterocycles. The Morgan fingerprint density at radius 1 is 1.00 bits per heavy atom. The number of sulfonamides is 1. The number of hydrogen-bond donors (Lipinski definition) is 3. The Hall–Kier alpha value is -3.28. The molecule has 0 saturated heterocycles. The highest BCUT2D eigenvalue weighted by atomic mass is 35.5. The molecule has 0 bridgehead atoms. The predicted octanol–water partition coefficient (Wildman–Crippen LogP) is 4.76. The molecular formula is C27H23Cl2N3O5S2. The number of amides is 1. The van der Waals surface area contributed by atoms with Crippen LogP contribution in [-0.4, -0.2) is 42.5 Å². The summed E-state index contributed by atoms with van der Waals surface area (Å²) in [7, 11) is -4.23. The maximum Gasteiger partial charge on any atom is 0.325 e. The average molecular weight is 605 g/mol. The molecule has 4 aromatic rings. The molecule has 5 rings (SSSR count). The summed E-state index contributed by atoms with van der Waals surface area (Å²) in [5.41, 5.74) is -1.37. The van der Waals surface area contributed by atoms with Crippen molar-refractivity contribution in [1.29, 1.82) is 0 Å². The van der Waals surface area contributed by atoms with Gasteiger partial charge in [0.15, 0.2) is 0 Å². The summed E-state index contributed by atoms with van der Waals surface area (Å²) in [6.45, 7) is -0.0972. The number of nitrogens with one attached hydrogen (secondary N) is 2. The van der Waals surface area contributed by atoms with Crippen LogP contribution in [0, 0.1) is 0 Å². The molecule has 2 heterocycles. The molecule has 2 aromatic carbocycles. The first-order valence-corrected chi connectivity index (χ1v) is 14.2. The quantitative estimate of drug-likeness (QED) is 0.253. The number of thiophene rings is 1. The van der Waals surface area contributed by atoms with Crippen LogP contribution in [0.3, 0.4) is 0 Å². The van der Waals surface area contributed by atoms with Gasteiger partial charge in [0, 0.05) is 34.3 Å². The van der Waals surface area contributed by atoms with Gasteiger partial charge in [0.05, 0.1) is 5.56 Å². The van der Waals surface area contributed by atoms with Crippen molar-refractivity contribution >= 4 is 57.2 Å². The molecule has 1 amide bonds. The highest BCUT2D eigenvalue weighted by molar-refractivity contribution is 7.91. The molecule has 1 aliphatic carbocycles. The van der Waals surface area contributed by atoms with Crippen molar-refractivity contribution < 1.29 is 23.1 Å². The van der Waals surface area contributed by atoms with Crippen LogP contribution < -0.4 is 10.0 Å². The summed E-state index contributed by atoms with van der Waals surface area (Å²) in [6, 6.07) is 22.1. The van der Waals surface area contributed by atoms with E-state index >= 15 is 0 Å². The molecule has 0 aliphatic heterocycles. The molecule has 2 unspecified atom stereocenters. The normalized spacial score (nSPS) is 20.0. The Balaban J connectivity index is 0.00000353. The number of hydrogen-bond acceptors (Lipinski definition) is 6. The standard InChI is InChI=1S/C27H22ClN3O5S2.ClH/c28-21-10-8-18(9-11-21)22-12-13-23(37-22)38(35,36)31-27(25(33)34)16-26(27,20-6-2-1-3-7-20)17-30-24(32)19-5-4-14-29-15-19;/h1-15,31H,16-17H2,(H,30,32)(H,33,34);1H. The first-order chi connectivity index (χ1) is 18.2. The second kappa shape index (κ2) is 11.1. The van der Waals surface area contributed by atoms with Gasteiger partial charge in [0.25, 0.3) is 15.9 Å². The van der Waals surface area contributed by atoms with E-state index in [0.717, 1.165) is 16.9 Å². The van der Waals surface area contributed by atoms with Crippen molar-refractivity contribution in [2.24, 2.45) is 0 Å². The van der Waals surface area contributed by atoms with Gasteiger partial charge in [-0.05, 0) is 53.9 Å². The SMILES string of the molecule is Cl.O=C(NCC1(c2ccccc2)CC1(NS(=O)(=O)c1ccc(-c2ccc(Cl)cc2)s1)C(=O)O)c1cccnc1. The summed E-state index contributed by atoms with van der Waals surface area (Å²) in [5, 5.41) is 13.7. The van der Waals surface area contributed by atoms with E-state index in [-0.39, 0.29) is 29.6 Å². The van der Waals surface area contributed by atoms with E-state index in [0.29, 0.717) is 21.0 Å². The minimum absolute atomic E-state index is 0. The molecule has 1 saturated carbocycles. The Morgan fingerprint density at radius 2 is 1.72 bits per heavy atom. The van der Waals surface area contributed by atoms with Crippen LogP contribution in [0.5, 0.6) is 0 Å². The van der Waals surface area contributed by atoms with E-state index in [1.54, 1.807) is 72.8 Å². The number of carboxylic acid groups (broad SMARTS) is 1. The van der Waals surface area contributed by atoms with Crippen LogP contribution in [0.4, 0.5) is 0 Å². The van der Waals surface area contributed by atoms with Gasteiger partial charge in [0.1, 0.15) is 9.75 Å². The van der Waals surface area contributed by atoms with E-state index < -0.39 is 32.9 Å². The van der Waals surface area contributed by atoms with E-state index in [1.807, 2.05) is 0 Å². The fraction of sp³-hybridized carbons (Fsp3) is 0.148. The maximum absolute atomic E-state index is 13.5. The highest BCUT2D eigenvalue weighted by Gasteiger charge is 2.74. The molecule has 2 atom stereocenters. The van der Waals surface area contributed by atoms with Crippen LogP contribution in [-0.2, 0) is 20.2 Å². The highest BCUT2D eigenvalue weighted by Crippen LogP contribution is 2.58. The number of aromatic nitrogens is 1. The van der Waals surface area contributed by atoms with Gasteiger partial charge in [-0.3, -0.25) is 14.6 Å². The van der Waals surface area contributed by atoms with E-state index in [9.17, 15) is 23.1 Å². The second-order valence-electron chi connectivity index (χ2n) is 8.99. The van der Waals surface area contributed by atoms with Crippen LogP contribution in [0.15, 0.2) is 95.5 Å². The van der Waals surface area contributed by atoms with Crippen molar-refractivity contribution in [3.8, 4) is 10.4 Å². The fourth-order valence-electron chi connectivity index (χ4n) is 4.63. The lowest BCUT2D eigenvalue weighted by molar-refractivity contribution is -0.140. The van der Waals surface area contributed by atoms with Crippen molar-refractivity contribution in [1.82, 2.24) is 15.0 Å². The van der Waals surface area contributed by atoms with Crippen LogP contribution in [0.1, 0.15) is 22.3 Å². The van der Waals surface area contributed by atoms with Gasteiger partial charge < -0.3 is 10.4 Å². The zero-order valence-corrected chi connectivity index (χ0v) is 23.4. The summed E-state index contributed by atoms with van der Waals surface area (Å²) in [5.74, 6) is -1.76. The first kappa shape index (κ1) is 28.7. The molecule has 1 aliphatic rings. The number of nitrogens with zero attached hydrogens (tertiary/aromatic N) is 1. The number of carbonyl (C=O) groups is 2. The van der Waals surface area contributed by atoms with Gasteiger partial charge in [0.2, 0.25) is 0 Å². The Bertz CT molecular complexity index is 1600. The lowest BCUT2D eigenvalue weighted by Crippen LogP contribution is -2.51. The summed E-state index contributed by atoms with van der Waals surface area (Å²) in [6.07, 6.45) is 2.90. The van der Waals surface area contributed by atoms with E-state index in [1.165, 1.54) is 18.5 Å². The first-order valence-electron chi connectivity index (χ1n) is 11.5.